The third-order valence-corrected chi connectivity index (χ3v) is 4.98. The smallest absolute Gasteiger partial charge is 0.274 e. The van der Waals surface area contributed by atoms with E-state index in [1.807, 2.05) is 18.2 Å². The second kappa shape index (κ2) is 7.31. The molecule has 0 unspecified atom stereocenters. The zero-order valence-corrected chi connectivity index (χ0v) is 15.2. The third kappa shape index (κ3) is 3.47. The zero-order chi connectivity index (χ0) is 18.8. The van der Waals surface area contributed by atoms with E-state index in [-0.39, 0.29) is 11.7 Å². The molecule has 6 heteroatoms. The van der Waals surface area contributed by atoms with Crippen molar-refractivity contribution >= 4 is 5.91 Å². The summed E-state index contributed by atoms with van der Waals surface area (Å²) in [5.74, 6) is -0.363. The van der Waals surface area contributed by atoms with Crippen LogP contribution in [0.1, 0.15) is 33.9 Å². The predicted molar refractivity (Wildman–Crippen MR) is 100 cm³/mol. The zero-order valence-electron chi connectivity index (χ0n) is 15.2. The number of fused-ring (bicyclic) bond motifs is 1. The fourth-order valence-corrected chi connectivity index (χ4v) is 3.52. The van der Waals surface area contributed by atoms with Crippen LogP contribution in [0.4, 0.5) is 4.39 Å². The van der Waals surface area contributed by atoms with Gasteiger partial charge in [0.15, 0.2) is 5.69 Å². The fourth-order valence-electron chi connectivity index (χ4n) is 3.52. The predicted octanol–water partition coefficient (Wildman–Crippen LogP) is 3.21. The van der Waals surface area contributed by atoms with Gasteiger partial charge in [-0.1, -0.05) is 6.07 Å². The average Bonchev–Trinajstić information content (AvgIpc) is 3.30. The Morgan fingerprint density at radius 1 is 1.19 bits per heavy atom. The molecule has 0 saturated heterocycles. The minimum absolute atomic E-state index is 0.0788. The summed E-state index contributed by atoms with van der Waals surface area (Å²) in [6.45, 7) is 0.577. The SMILES string of the molecule is CN(CCc1ccccn1)C(=O)c1nn(-c2ccc(F)cc2)c2c1CCC2. The van der Waals surface area contributed by atoms with Crippen LogP contribution in [-0.2, 0) is 19.3 Å². The van der Waals surface area contributed by atoms with E-state index < -0.39 is 0 Å². The summed E-state index contributed by atoms with van der Waals surface area (Å²) in [5.41, 5.74) is 4.33. The van der Waals surface area contributed by atoms with Crippen LogP contribution in [0, 0.1) is 5.82 Å². The van der Waals surface area contributed by atoms with Crippen molar-refractivity contribution in [1.29, 1.82) is 0 Å². The Hall–Kier alpha value is -3.02. The van der Waals surface area contributed by atoms with Gasteiger partial charge in [0.25, 0.3) is 5.91 Å². The van der Waals surface area contributed by atoms with E-state index in [1.165, 1.54) is 12.1 Å². The van der Waals surface area contributed by atoms with Crippen LogP contribution < -0.4 is 0 Å². The van der Waals surface area contributed by atoms with Crippen LogP contribution in [0.15, 0.2) is 48.7 Å². The first-order chi connectivity index (χ1) is 13.1. The van der Waals surface area contributed by atoms with Gasteiger partial charge in [-0.3, -0.25) is 9.78 Å². The maximum absolute atomic E-state index is 13.2. The van der Waals surface area contributed by atoms with Gasteiger partial charge in [0, 0.05) is 43.2 Å². The number of benzene rings is 1. The molecular weight excluding hydrogens is 343 g/mol. The number of carbonyl (C=O) groups is 1. The highest BCUT2D eigenvalue weighted by molar-refractivity contribution is 5.94. The van der Waals surface area contributed by atoms with Crippen molar-refractivity contribution in [3.63, 3.8) is 0 Å². The molecule has 1 aromatic carbocycles. The van der Waals surface area contributed by atoms with Crippen LogP contribution in [-0.4, -0.2) is 39.2 Å². The standard InChI is InChI=1S/C21H21FN4O/c1-25(14-12-16-5-2-3-13-23-16)21(27)20-18-6-4-7-19(18)26(24-20)17-10-8-15(22)9-11-17/h2-3,5,8-11,13H,4,6-7,12,14H2,1H3. The number of halogens is 1. The summed E-state index contributed by atoms with van der Waals surface area (Å²) >= 11 is 0. The van der Waals surface area contributed by atoms with Gasteiger partial charge in [-0.25, -0.2) is 9.07 Å². The van der Waals surface area contributed by atoms with E-state index in [9.17, 15) is 9.18 Å². The summed E-state index contributed by atoms with van der Waals surface area (Å²) < 4.78 is 15.0. The molecule has 138 valence electrons. The fraction of sp³-hybridized carbons (Fsp3) is 0.286. The lowest BCUT2D eigenvalue weighted by Gasteiger charge is -2.16. The summed E-state index contributed by atoms with van der Waals surface area (Å²) in [4.78, 5) is 19.0. The molecule has 27 heavy (non-hydrogen) atoms. The monoisotopic (exact) mass is 364 g/mol. The first kappa shape index (κ1) is 17.4. The largest absolute Gasteiger partial charge is 0.340 e. The molecular formula is C21H21FN4O. The molecule has 5 nitrogen and oxygen atoms in total. The van der Waals surface area contributed by atoms with Crippen molar-refractivity contribution in [2.45, 2.75) is 25.7 Å². The first-order valence-corrected chi connectivity index (χ1v) is 9.15. The molecule has 2 heterocycles. The van der Waals surface area contributed by atoms with E-state index in [0.717, 1.165) is 41.9 Å². The normalized spacial score (nSPS) is 12.8. The van der Waals surface area contributed by atoms with Gasteiger partial charge in [0.1, 0.15) is 5.82 Å². The van der Waals surface area contributed by atoms with Gasteiger partial charge in [0.05, 0.1) is 5.69 Å². The maximum atomic E-state index is 13.2. The van der Waals surface area contributed by atoms with Crippen molar-refractivity contribution in [3.8, 4) is 5.69 Å². The minimum atomic E-state index is -0.284. The molecule has 0 bridgehead atoms. The lowest BCUT2D eigenvalue weighted by Crippen LogP contribution is -2.30. The Labute approximate surface area is 157 Å². The molecule has 1 amide bonds. The number of likely N-dealkylation sites (N-methyl/N-ethyl adjacent to an activating group) is 1. The van der Waals surface area contributed by atoms with Crippen molar-refractivity contribution in [2.75, 3.05) is 13.6 Å². The molecule has 1 aliphatic carbocycles. The lowest BCUT2D eigenvalue weighted by atomic mass is 10.1. The van der Waals surface area contributed by atoms with E-state index in [4.69, 9.17) is 0 Å². The Balaban J connectivity index is 1.57. The number of carbonyl (C=O) groups excluding carboxylic acids is 1. The van der Waals surface area contributed by atoms with E-state index in [0.29, 0.717) is 18.7 Å². The van der Waals surface area contributed by atoms with Crippen LogP contribution in [0.2, 0.25) is 0 Å². The quantitative estimate of drug-likeness (QED) is 0.699. The highest BCUT2D eigenvalue weighted by Gasteiger charge is 2.28. The van der Waals surface area contributed by atoms with Gasteiger partial charge < -0.3 is 4.90 Å². The second-order valence-electron chi connectivity index (χ2n) is 6.81. The van der Waals surface area contributed by atoms with Gasteiger partial charge in [-0.05, 0) is 55.7 Å². The molecule has 2 aromatic heterocycles. The number of hydrogen-bond acceptors (Lipinski definition) is 3. The highest BCUT2D eigenvalue weighted by atomic mass is 19.1. The average molecular weight is 364 g/mol. The number of nitrogens with zero attached hydrogens (tertiary/aromatic N) is 4. The molecule has 0 aliphatic heterocycles. The highest BCUT2D eigenvalue weighted by Crippen LogP contribution is 2.28. The summed E-state index contributed by atoms with van der Waals surface area (Å²) in [6.07, 6.45) is 5.20. The third-order valence-electron chi connectivity index (χ3n) is 4.98. The summed E-state index contributed by atoms with van der Waals surface area (Å²) in [5, 5.41) is 4.60. The maximum Gasteiger partial charge on any atom is 0.274 e. The molecule has 0 radical (unpaired) electrons. The van der Waals surface area contributed by atoms with Crippen LogP contribution in [0.25, 0.3) is 5.69 Å². The molecule has 3 aromatic rings. The van der Waals surface area contributed by atoms with Gasteiger partial charge in [-0.2, -0.15) is 5.10 Å². The van der Waals surface area contributed by atoms with Crippen LogP contribution >= 0.6 is 0 Å². The molecule has 1 aliphatic rings. The van der Waals surface area contributed by atoms with Crippen LogP contribution in [0.5, 0.6) is 0 Å². The van der Waals surface area contributed by atoms with Crippen molar-refractivity contribution in [1.82, 2.24) is 19.7 Å². The van der Waals surface area contributed by atoms with Gasteiger partial charge in [0.2, 0.25) is 0 Å². The molecule has 0 spiro atoms. The number of rotatable bonds is 5. The van der Waals surface area contributed by atoms with E-state index in [2.05, 4.69) is 10.1 Å². The lowest BCUT2D eigenvalue weighted by molar-refractivity contribution is 0.0789. The van der Waals surface area contributed by atoms with E-state index in [1.54, 1.807) is 35.0 Å². The Bertz CT molecular complexity index is 950. The van der Waals surface area contributed by atoms with Gasteiger partial charge in [-0.15, -0.1) is 0 Å². The number of aromatic nitrogens is 3. The first-order valence-electron chi connectivity index (χ1n) is 9.15. The molecule has 4 rings (SSSR count). The molecule has 0 atom stereocenters. The second-order valence-corrected chi connectivity index (χ2v) is 6.81. The van der Waals surface area contributed by atoms with Crippen molar-refractivity contribution in [2.24, 2.45) is 0 Å². The molecule has 0 N–H and O–H groups in total. The number of hydrogen-bond donors (Lipinski definition) is 0. The number of pyridine rings is 1. The molecule has 0 fully saturated rings. The van der Waals surface area contributed by atoms with Gasteiger partial charge >= 0.3 is 0 Å². The Kier molecular flexibility index (Phi) is 4.71. The summed E-state index contributed by atoms with van der Waals surface area (Å²) in [7, 11) is 1.80. The topological polar surface area (TPSA) is 51.0 Å². The van der Waals surface area contributed by atoms with Crippen molar-refractivity contribution in [3.05, 3.63) is 77.1 Å². The Morgan fingerprint density at radius 3 is 2.74 bits per heavy atom. The van der Waals surface area contributed by atoms with E-state index >= 15 is 0 Å². The minimum Gasteiger partial charge on any atom is -0.340 e. The summed E-state index contributed by atoms with van der Waals surface area (Å²) in [6, 6.07) is 12.0. The van der Waals surface area contributed by atoms with Crippen molar-refractivity contribution < 1.29 is 9.18 Å². The number of amides is 1. The van der Waals surface area contributed by atoms with Crippen LogP contribution in [0.3, 0.4) is 0 Å². The Morgan fingerprint density at radius 2 is 2.00 bits per heavy atom. The molecule has 0 saturated carbocycles.